The van der Waals surface area contributed by atoms with Gasteiger partial charge in [-0.3, -0.25) is 9.80 Å². The van der Waals surface area contributed by atoms with Gasteiger partial charge in [0.1, 0.15) is 0 Å². The van der Waals surface area contributed by atoms with Gasteiger partial charge in [-0.1, -0.05) is 24.3 Å². The van der Waals surface area contributed by atoms with Crippen LogP contribution in [-0.2, 0) is 6.18 Å². The lowest BCUT2D eigenvalue weighted by Crippen LogP contribution is -2.48. The molecule has 0 unspecified atom stereocenters. The fourth-order valence-corrected chi connectivity index (χ4v) is 6.44. The molecule has 0 radical (unpaired) electrons. The molecule has 0 spiro atoms. The van der Waals surface area contributed by atoms with Crippen LogP contribution in [0.15, 0.2) is 66.7 Å². The van der Waals surface area contributed by atoms with Gasteiger partial charge in [0.2, 0.25) is 0 Å². The van der Waals surface area contributed by atoms with Gasteiger partial charge in [0.05, 0.1) is 28.0 Å². The first-order chi connectivity index (χ1) is 23.0. The molecule has 0 atom stereocenters. The van der Waals surface area contributed by atoms with Crippen molar-refractivity contribution in [2.75, 3.05) is 117 Å². The van der Waals surface area contributed by atoms with Gasteiger partial charge in [0.25, 0.3) is 0 Å². The number of alkyl halides is 3. The van der Waals surface area contributed by atoms with E-state index in [1.165, 1.54) is 6.07 Å². The van der Waals surface area contributed by atoms with E-state index >= 15 is 0 Å². The number of fused-ring (bicyclic) bond motifs is 1. The largest absolute Gasteiger partial charge is 0.416 e. The summed E-state index contributed by atoms with van der Waals surface area (Å²) in [4.78, 5) is 24.0. The summed E-state index contributed by atoms with van der Waals surface area (Å²) in [5.41, 5.74) is 5.15. The fourth-order valence-electron chi connectivity index (χ4n) is 6.44. The third kappa shape index (κ3) is 8.26. The Labute approximate surface area is 282 Å². The van der Waals surface area contributed by atoms with Crippen LogP contribution in [0.4, 0.5) is 24.5 Å². The third-order valence-electron chi connectivity index (χ3n) is 9.47. The molecule has 0 saturated carbocycles. The number of anilines is 2. The zero-order valence-electron chi connectivity index (χ0n) is 28.5. The number of halogens is 3. The van der Waals surface area contributed by atoms with Crippen molar-refractivity contribution in [1.82, 2.24) is 29.6 Å². The Balaban J connectivity index is 1.25. The maximum absolute atomic E-state index is 13.6. The molecule has 2 aliphatic rings. The van der Waals surface area contributed by atoms with Crippen molar-refractivity contribution in [3.8, 4) is 22.5 Å². The smallest absolute Gasteiger partial charge is 0.369 e. The molecule has 2 saturated heterocycles. The van der Waals surface area contributed by atoms with Crippen molar-refractivity contribution in [3.05, 3.63) is 72.3 Å². The molecule has 0 aliphatic carbocycles. The molecule has 2 fully saturated rings. The van der Waals surface area contributed by atoms with E-state index in [1.54, 1.807) is 0 Å². The standard InChI is InChI=1S/C37H47F3N8/c1-43(2)15-17-45-19-23-47(24-20-45)31-10-5-28(6-11-31)35-36(42-34-27-30(37(38,39)40)9-14-33(34)41-35)29-7-12-32(13-8-29)48-25-21-46(22-26-48)18-16-44(3)4/h5-14,27H,15-26H2,1-4H3. The molecule has 8 nitrogen and oxygen atoms in total. The van der Waals surface area contributed by atoms with Crippen LogP contribution in [0.3, 0.4) is 0 Å². The molecule has 256 valence electrons. The Kier molecular flexibility index (Phi) is 10.5. The molecule has 0 amide bonds. The minimum atomic E-state index is -4.46. The number of hydrogen-bond acceptors (Lipinski definition) is 8. The minimum absolute atomic E-state index is 0.227. The predicted octanol–water partition coefficient (Wildman–Crippen LogP) is 5.35. The first kappa shape index (κ1) is 34.1. The molecule has 2 aliphatic heterocycles. The number of rotatable bonds is 10. The quantitative estimate of drug-likeness (QED) is 0.226. The zero-order valence-corrected chi connectivity index (χ0v) is 28.5. The second-order valence-corrected chi connectivity index (χ2v) is 13.5. The highest BCUT2D eigenvalue weighted by Gasteiger charge is 2.31. The van der Waals surface area contributed by atoms with Crippen molar-refractivity contribution in [1.29, 1.82) is 0 Å². The number of likely N-dealkylation sites (N-methyl/N-ethyl adjacent to an activating group) is 2. The summed E-state index contributed by atoms with van der Waals surface area (Å²) >= 11 is 0. The van der Waals surface area contributed by atoms with Crippen LogP contribution in [0, 0.1) is 0 Å². The number of nitrogens with zero attached hydrogens (tertiary/aromatic N) is 8. The zero-order chi connectivity index (χ0) is 33.8. The Morgan fingerprint density at radius 1 is 0.562 bits per heavy atom. The van der Waals surface area contributed by atoms with Gasteiger partial charge < -0.3 is 19.6 Å². The van der Waals surface area contributed by atoms with Gasteiger partial charge in [-0.25, -0.2) is 9.97 Å². The van der Waals surface area contributed by atoms with E-state index in [-0.39, 0.29) is 5.52 Å². The van der Waals surface area contributed by atoms with E-state index in [9.17, 15) is 13.2 Å². The molecule has 48 heavy (non-hydrogen) atoms. The van der Waals surface area contributed by atoms with Crippen LogP contribution in [0.2, 0.25) is 0 Å². The van der Waals surface area contributed by atoms with E-state index in [0.29, 0.717) is 16.9 Å². The van der Waals surface area contributed by atoms with Crippen molar-refractivity contribution in [2.45, 2.75) is 6.18 Å². The predicted molar refractivity (Wildman–Crippen MR) is 190 cm³/mol. The first-order valence-corrected chi connectivity index (χ1v) is 16.9. The Bertz CT molecular complexity index is 1640. The number of aromatic nitrogens is 2. The molecule has 11 heteroatoms. The topological polar surface area (TPSA) is 45.2 Å². The Morgan fingerprint density at radius 2 is 0.979 bits per heavy atom. The average molecular weight is 661 g/mol. The highest BCUT2D eigenvalue weighted by atomic mass is 19.4. The summed E-state index contributed by atoms with van der Waals surface area (Å²) < 4.78 is 40.9. The monoisotopic (exact) mass is 660 g/mol. The Morgan fingerprint density at radius 3 is 1.38 bits per heavy atom. The summed E-state index contributed by atoms with van der Waals surface area (Å²) in [6.07, 6.45) is -4.46. The summed E-state index contributed by atoms with van der Waals surface area (Å²) in [6, 6.07) is 20.2. The number of benzene rings is 3. The SMILES string of the molecule is CN(C)CCN1CCN(c2ccc(-c3nc4ccc(C(F)(F)F)cc4nc3-c3ccc(N4CCN(CCN(C)C)CC4)cc3)cc2)CC1. The van der Waals surface area contributed by atoms with Crippen molar-refractivity contribution in [2.24, 2.45) is 0 Å². The van der Waals surface area contributed by atoms with Crippen LogP contribution in [0.5, 0.6) is 0 Å². The van der Waals surface area contributed by atoms with Crippen LogP contribution < -0.4 is 9.80 Å². The molecule has 3 heterocycles. The van der Waals surface area contributed by atoms with Crippen molar-refractivity contribution in [3.63, 3.8) is 0 Å². The van der Waals surface area contributed by atoms with Crippen molar-refractivity contribution < 1.29 is 13.2 Å². The molecular weight excluding hydrogens is 613 g/mol. The van der Waals surface area contributed by atoms with E-state index < -0.39 is 11.7 Å². The summed E-state index contributed by atoms with van der Waals surface area (Å²) in [6.45, 7) is 12.1. The highest BCUT2D eigenvalue weighted by Crippen LogP contribution is 2.36. The fraction of sp³-hybridized carbons (Fsp3) is 0.459. The van der Waals surface area contributed by atoms with E-state index in [1.807, 2.05) is 12.1 Å². The molecule has 1 aromatic heterocycles. The minimum Gasteiger partial charge on any atom is -0.369 e. The third-order valence-corrected chi connectivity index (χ3v) is 9.47. The van der Waals surface area contributed by atoms with Gasteiger partial charge >= 0.3 is 6.18 Å². The second-order valence-electron chi connectivity index (χ2n) is 13.5. The van der Waals surface area contributed by atoms with E-state index in [0.717, 1.165) is 113 Å². The van der Waals surface area contributed by atoms with Gasteiger partial charge in [-0.15, -0.1) is 0 Å². The van der Waals surface area contributed by atoms with Crippen LogP contribution in [-0.4, -0.2) is 136 Å². The van der Waals surface area contributed by atoms with E-state index in [2.05, 4.69) is 94.0 Å². The summed E-state index contributed by atoms with van der Waals surface area (Å²) in [7, 11) is 8.41. The van der Waals surface area contributed by atoms with E-state index in [4.69, 9.17) is 9.97 Å². The number of piperazine rings is 2. The van der Waals surface area contributed by atoms with Crippen LogP contribution in [0.25, 0.3) is 33.5 Å². The molecule has 4 aromatic rings. The molecule has 0 bridgehead atoms. The lowest BCUT2D eigenvalue weighted by atomic mass is 10.0. The molecule has 6 rings (SSSR count). The normalized spacial score (nSPS) is 16.9. The van der Waals surface area contributed by atoms with Gasteiger partial charge in [0, 0.05) is 101 Å². The molecule has 3 aromatic carbocycles. The summed E-state index contributed by atoms with van der Waals surface area (Å²) in [5, 5.41) is 0. The van der Waals surface area contributed by atoms with Gasteiger partial charge in [-0.2, -0.15) is 13.2 Å². The van der Waals surface area contributed by atoms with Gasteiger partial charge in [0.15, 0.2) is 0 Å². The lowest BCUT2D eigenvalue weighted by Gasteiger charge is -2.36. The lowest BCUT2D eigenvalue weighted by molar-refractivity contribution is -0.137. The molecular formula is C37H47F3N8. The maximum atomic E-state index is 13.6. The van der Waals surface area contributed by atoms with Crippen molar-refractivity contribution >= 4 is 22.4 Å². The second kappa shape index (κ2) is 14.8. The Hall–Kier alpha value is -3.77. The maximum Gasteiger partial charge on any atom is 0.416 e. The van der Waals surface area contributed by atoms with Gasteiger partial charge in [-0.05, 0) is 70.7 Å². The van der Waals surface area contributed by atoms with Crippen LogP contribution in [0.1, 0.15) is 5.56 Å². The summed E-state index contributed by atoms with van der Waals surface area (Å²) in [5.74, 6) is 0. The number of hydrogen-bond donors (Lipinski definition) is 0. The molecule has 0 N–H and O–H groups in total. The average Bonchev–Trinajstić information content (AvgIpc) is 3.09. The first-order valence-electron chi connectivity index (χ1n) is 16.9. The highest BCUT2D eigenvalue weighted by molar-refractivity contribution is 5.87. The van der Waals surface area contributed by atoms with Crippen LogP contribution >= 0.6 is 0 Å².